The lowest BCUT2D eigenvalue weighted by Gasteiger charge is -2.26. The van der Waals surface area contributed by atoms with Crippen LogP contribution in [0, 0.1) is 0 Å². The molecule has 2 aromatic rings. The van der Waals surface area contributed by atoms with E-state index >= 15 is 0 Å². The number of benzene rings is 1. The zero-order valence-electron chi connectivity index (χ0n) is 13.9. The first-order valence-corrected chi connectivity index (χ1v) is 8.91. The van der Waals surface area contributed by atoms with Gasteiger partial charge in [-0.25, -0.2) is 4.79 Å². The predicted octanol–water partition coefficient (Wildman–Crippen LogP) is 4.33. The molecule has 1 aromatic heterocycles. The Labute approximate surface area is 145 Å². The van der Waals surface area contributed by atoms with E-state index in [1.165, 1.54) is 17.4 Å². The zero-order valence-corrected chi connectivity index (χ0v) is 14.7. The molecule has 1 heterocycles. The quantitative estimate of drug-likeness (QED) is 0.746. The zero-order chi connectivity index (χ0) is 17.5. The molecular weight excluding hydrogens is 324 g/mol. The van der Waals surface area contributed by atoms with E-state index in [1.807, 2.05) is 18.4 Å². The van der Waals surface area contributed by atoms with Crippen molar-refractivity contribution in [2.45, 2.75) is 26.7 Å². The van der Waals surface area contributed by atoms with Crippen LogP contribution in [-0.2, 0) is 0 Å². The number of hydrogen-bond donors (Lipinski definition) is 2. The van der Waals surface area contributed by atoms with Crippen molar-refractivity contribution in [1.82, 2.24) is 0 Å². The molecule has 0 fully saturated rings. The van der Waals surface area contributed by atoms with Gasteiger partial charge in [0, 0.05) is 13.1 Å². The molecule has 0 radical (unpaired) electrons. The van der Waals surface area contributed by atoms with E-state index in [2.05, 4.69) is 17.1 Å². The number of nitrogens with zero attached hydrogens (tertiary/aromatic N) is 1. The van der Waals surface area contributed by atoms with Crippen LogP contribution in [-0.4, -0.2) is 30.1 Å². The van der Waals surface area contributed by atoms with Gasteiger partial charge in [0.05, 0.1) is 21.8 Å². The summed E-state index contributed by atoms with van der Waals surface area (Å²) in [6.45, 7) is 5.82. The summed E-state index contributed by atoms with van der Waals surface area (Å²) in [5.74, 6) is -1.23. The molecule has 0 atom stereocenters. The minimum atomic E-state index is -1.01. The Balaban J connectivity index is 2.35. The van der Waals surface area contributed by atoms with Crippen molar-refractivity contribution in [1.29, 1.82) is 0 Å². The lowest BCUT2D eigenvalue weighted by atomic mass is 10.1. The summed E-state index contributed by atoms with van der Waals surface area (Å²) in [6, 6.07) is 8.43. The average molecular weight is 346 g/mol. The van der Waals surface area contributed by atoms with Crippen LogP contribution < -0.4 is 10.2 Å². The number of carbonyl (C=O) groups is 2. The number of carboxylic acids is 1. The smallest absolute Gasteiger partial charge is 0.335 e. The number of carbonyl (C=O) groups excluding carboxylic acids is 1. The first-order valence-electron chi connectivity index (χ1n) is 8.04. The van der Waals surface area contributed by atoms with Gasteiger partial charge in [0.15, 0.2) is 0 Å². The maximum Gasteiger partial charge on any atom is 0.335 e. The van der Waals surface area contributed by atoms with Crippen LogP contribution in [0.15, 0.2) is 35.7 Å². The summed E-state index contributed by atoms with van der Waals surface area (Å²) >= 11 is 1.35. The number of nitrogens with one attached hydrogen (secondary N) is 1. The Kier molecular flexibility index (Phi) is 6.37. The number of anilines is 2. The van der Waals surface area contributed by atoms with Gasteiger partial charge in [0.2, 0.25) is 0 Å². The van der Waals surface area contributed by atoms with E-state index in [4.69, 9.17) is 0 Å². The molecule has 0 aliphatic rings. The number of rotatable bonds is 8. The van der Waals surface area contributed by atoms with Crippen LogP contribution >= 0.6 is 11.3 Å². The average Bonchev–Trinajstić information content (AvgIpc) is 3.11. The number of carboxylic acid groups (broad SMARTS) is 1. The van der Waals surface area contributed by atoms with Gasteiger partial charge in [-0.1, -0.05) is 19.4 Å². The van der Waals surface area contributed by atoms with E-state index in [0.717, 1.165) is 31.6 Å². The van der Waals surface area contributed by atoms with Crippen molar-refractivity contribution in [3.8, 4) is 0 Å². The second-order valence-corrected chi connectivity index (χ2v) is 6.35. The number of aromatic carboxylic acids is 1. The highest BCUT2D eigenvalue weighted by atomic mass is 32.1. The normalized spacial score (nSPS) is 10.4. The van der Waals surface area contributed by atoms with Gasteiger partial charge < -0.3 is 15.3 Å². The van der Waals surface area contributed by atoms with E-state index in [9.17, 15) is 14.7 Å². The largest absolute Gasteiger partial charge is 0.478 e. The fraction of sp³-hybridized carbons (Fsp3) is 0.333. The summed E-state index contributed by atoms with van der Waals surface area (Å²) in [7, 11) is 0. The summed E-state index contributed by atoms with van der Waals surface area (Å²) in [5, 5.41) is 13.9. The van der Waals surface area contributed by atoms with E-state index in [0.29, 0.717) is 10.6 Å². The molecule has 2 N–H and O–H groups in total. The molecule has 0 saturated heterocycles. The second kappa shape index (κ2) is 8.49. The van der Waals surface area contributed by atoms with Gasteiger partial charge in [0.25, 0.3) is 5.91 Å². The van der Waals surface area contributed by atoms with Crippen LogP contribution in [0.3, 0.4) is 0 Å². The predicted molar refractivity (Wildman–Crippen MR) is 98.5 cm³/mol. The summed E-state index contributed by atoms with van der Waals surface area (Å²) in [6.07, 6.45) is 2.10. The highest BCUT2D eigenvalue weighted by Crippen LogP contribution is 2.28. The first kappa shape index (κ1) is 18.0. The van der Waals surface area contributed by atoms with Crippen molar-refractivity contribution < 1.29 is 14.7 Å². The minimum absolute atomic E-state index is 0.159. The van der Waals surface area contributed by atoms with Crippen molar-refractivity contribution in [3.63, 3.8) is 0 Å². The van der Waals surface area contributed by atoms with Gasteiger partial charge in [-0.3, -0.25) is 4.79 Å². The van der Waals surface area contributed by atoms with Crippen molar-refractivity contribution in [3.05, 3.63) is 46.2 Å². The van der Waals surface area contributed by atoms with Crippen molar-refractivity contribution in [2.75, 3.05) is 23.3 Å². The second-order valence-electron chi connectivity index (χ2n) is 5.40. The van der Waals surface area contributed by atoms with Crippen molar-refractivity contribution in [2.24, 2.45) is 0 Å². The minimum Gasteiger partial charge on any atom is -0.478 e. The molecule has 0 aliphatic heterocycles. The Morgan fingerprint density at radius 2 is 2.04 bits per heavy atom. The van der Waals surface area contributed by atoms with Crippen LogP contribution in [0.5, 0.6) is 0 Å². The fourth-order valence-electron chi connectivity index (χ4n) is 2.43. The van der Waals surface area contributed by atoms with Crippen LogP contribution in [0.4, 0.5) is 11.4 Å². The summed E-state index contributed by atoms with van der Waals surface area (Å²) in [5.41, 5.74) is 1.54. The summed E-state index contributed by atoms with van der Waals surface area (Å²) < 4.78 is 0. The number of hydrogen-bond acceptors (Lipinski definition) is 4. The van der Waals surface area contributed by atoms with Gasteiger partial charge in [-0.15, -0.1) is 11.3 Å². The molecule has 6 heteroatoms. The van der Waals surface area contributed by atoms with Crippen LogP contribution in [0.25, 0.3) is 0 Å². The molecule has 1 amide bonds. The number of amides is 1. The van der Waals surface area contributed by atoms with E-state index in [-0.39, 0.29) is 11.5 Å². The van der Waals surface area contributed by atoms with Crippen LogP contribution in [0.1, 0.15) is 46.7 Å². The molecule has 2 rings (SSSR count). The van der Waals surface area contributed by atoms with Crippen molar-refractivity contribution >= 4 is 34.6 Å². The maximum atomic E-state index is 12.4. The van der Waals surface area contributed by atoms with Gasteiger partial charge in [-0.05, 0) is 43.0 Å². The maximum absolute atomic E-state index is 12.4. The molecule has 0 unspecified atom stereocenters. The summed E-state index contributed by atoms with van der Waals surface area (Å²) in [4.78, 5) is 26.4. The lowest BCUT2D eigenvalue weighted by molar-refractivity contribution is 0.0696. The third-order valence-corrected chi connectivity index (χ3v) is 4.61. The van der Waals surface area contributed by atoms with Gasteiger partial charge in [-0.2, -0.15) is 0 Å². The topological polar surface area (TPSA) is 69.6 Å². The third kappa shape index (κ3) is 4.35. The molecule has 1 aromatic carbocycles. The fourth-order valence-corrected chi connectivity index (χ4v) is 3.05. The molecule has 0 aliphatic carbocycles. The molecule has 24 heavy (non-hydrogen) atoms. The Bertz CT molecular complexity index is 698. The molecule has 0 spiro atoms. The monoisotopic (exact) mass is 346 g/mol. The Hall–Kier alpha value is -2.34. The lowest BCUT2D eigenvalue weighted by Crippen LogP contribution is -2.26. The molecule has 128 valence electrons. The SMILES string of the molecule is CCCCN(CC)c1ccc(C(=O)O)cc1NC(=O)c1cccs1. The Morgan fingerprint density at radius 1 is 1.25 bits per heavy atom. The molecule has 0 saturated carbocycles. The van der Waals surface area contributed by atoms with Crippen LogP contribution in [0.2, 0.25) is 0 Å². The molecular formula is C18H22N2O3S. The highest BCUT2D eigenvalue weighted by Gasteiger charge is 2.16. The number of thiophene rings is 1. The Morgan fingerprint density at radius 3 is 2.62 bits per heavy atom. The first-order chi connectivity index (χ1) is 11.6. The third-order valence-electron chi connectivity index (χ3n) is 3.74. The number of unbranched alkanes of at least 4 members (excludes halogenated alkanes) is 1. The van der Waals surface area contributed by atoms with Gasteiger partial charge >= 0.3 is 5.97 Å². The molecule has 5 nitrogen and oxygen atoms in total. The molecule has 0 bridgehead atoms. The van der Waals surface area contributed by atoms with Gasteiger partial charge in [0.1, 0.15) is 0 Å². The standard InChI is InChI=1S/C18H22N2O3S/c1-3-5-10-20(4-2)15-9-8-13(18(22)23)12-14(15)19-17(21)16-7-6-11-24-16/h6-9,11-12H,3-5,10H2,1-2H3,(H,19,21)(H,22,23). The highest BCUT2D eigenvalue weighted by molar-refractivity contribution is 7.12. The van der Waals surface area contributed by atoms with E-state index < -0.39 is 5.97 Å². The van der Waals surface area contributed by atoms with E-state index in [1.54, 1.807) is 18.2 Å².